The highest BCUT2D eigenvalue weighted by Crippen LogP contribution is 2.20. The molecule has 0 bridgehead atoms. The third-order valence-corrected chi connectivity index (χ3v) is 3.71. The third-order valence-electron chi connectivity index (χ3n) is 2.97. The molecule has 20 heavy (non-hydrogen) atoms. The second-order valence-corrected chi connectivity index (χ2v) is 5.40. The molecule has 0 N–H and O–H groups in total. The maximum atomic E-state index is 12.2. The zero-order valence-corrected chi connectivity index (χ0v) is 13.2. The maximum Gasteiger partial charge on any atom is 0.267 e. The average molecular weight is 384 g/mol. The number of aromatic nitrogens is 2. The lowest BCUT2D eigenvalue weighted by Gasteiger charge is -2.13. The first-order chi connectivity index (χ1) is 9.56. The largest absolute Gasteiger partial charge is 0.496 e. The van der Waals surface area contributed by atoms with Gasteiger partial charge >= 0.3 is 0 Å². The molecule has 1 aromatic heterocycles. The monoisotopic (exact) mass is 384 g/mol. The van der Waals surface area contributed by atoms with Crippen LogP contribution in [0.3, 0.4) is 0 Å². The normalized spacial score (nSPS) is 10.3. The number of aryl methyl sites for hydroxylation is 1. The predicted molar refractivity (Wildman–Crippen MR) is 83.4 cm³/mol. The zero-order valence-electron chi connectivity index (χ0n) is 11.1. The molecule has 0 saturated heterocycles. The standard InChI is InChI=1S/C14H13IN2O3/c1-9-16-6-12(15)14(19)17(9)7-11-5-10(8-18)3-4-13(11)20-2/h3-6,8H,7H2,1-2H3. The lowest BCUT2D eigenvalue weighted by atomic mass is 10.1. The molecule has 1 heterocycles. The van der Waals surface area contributed by atoms with Crippen molar-refractivity contribution in [2.45, 2.75) is 13.5 Å². The second-order valence-electron chi connectivity index (χ2n) is 4.23. The van der Waals surface area contributed by atoms with Crippen LogP contribution in [0.2, 0.25) is 0 Å². The highest BCUT2D eigenvalue weighted by atomic mass is 127. The Kier molecular flexibility index (Phi) is 4.53. The van der Waals surface area contributed by atoms with E-state index in [9.17, 15) is 9.59 Å². The van der Waals surface area contributed by atoms with Crippen molar-refractivity contribution in [3.8, 4) is 5.75 Å². The second kappa shape index (κ2) is 6.17. The first-order valence-corrected chi connectivity index (χ1v) is 6.98. The van der Waals surface area contributed by atoms with E-state index in [1.807, 2.05) is 22.6 Å². The van der Waals surface area contributed by atoms with Gasteiger partial charge in [0.2, 0.25) is 0 Å². The molecule has 0 aliphatic rings. The van der Waals surface area contributed by atoms with Crippen molar-refractivity contribution in [3.63, 3.8) is 0 Å². The van der Waals surface area contributed by atoms with Gasteiger partial charge in [-0.25, -0.2) is 4.98 Å². The van der Waals surface area contributed by atoms with Crippen molar-refractivity contribution >= 4 is 28.9 Å². The number of carbonyl (C=O) groups excluding carboxylic acids is 1. The summed E-state index contributed by atoms with van der Waals surface area (Å²) in [4.78, 5) is 27.2. The number of halogens is 1. The average Bonchev–Trinajstić information content (AvgIpc) is 2.47. The molecule has 0 spiro atoms. The number of nitrogens with zero attached hydrogens (tertiary/aromatic N) is 2. The number of methoxy groups -OCH3 is 1. The van der Waals surface area contributed by atoms with Gasteiger partial charge in [-0.15, -0.1) is 0 Å². The summed E-state index contributed by atoms with van der Waals surface area (Å²) in [6.45, 7) is 2.09. The quantitative estimate of drug-likeness (QED) is 0.598. The summed E-state index contributed by atoms with van der Waals surface area (Å²) in [6, 6.07) is 5.12. The van der Waals surface area contributed by atoms with Crippen LogP contribution in [-0.2, 0) is 6.54 Å². The van der Waals surface area contributed by atoms with E-state index in [0.29, 0.717) is 27.3 Å². The van der Waals surface area contributed by atoms with Crippen LogP contribution in [0.4, 0.5) is 0 Å². The van der Waals surface area contributed by atoms with Crippen LogP contribution >= 0.6 is 22.6 Å². The van der Waals surface area contributed by atoms with Crippen LogP contribution in [0.25, 0.3) is 0 Å². The van der Waals surface area contributed by atoms with Crippen molar-refractivity contribution in [1.29, 1.82) is 0 Å². The summed E-state index contributed by atoms with van der Waals surface area (Å²) in [7, 11) is 1.56. The number of rotatable bonds is 4. The number of benzene rings is 1. The highest BCUT2D eigenvalue weighted by molar-refractivity contribution is 14.1. The molecule has 6 heteroatoms. The summed E-state index contributed by atoms with van der Waals surface area (Å²) in [5.74, 6) is 1.26. The number of carbonyl (C=O) groups is 1. The van der Waals surface area contributed by atoms with Gasteiger partial charge in [-0.1, -0.05) is 0 Å². The predicted octanol–water partition coefficient (Wildman–Crippen LogP) is 2.03. The van der Waals surface area contributed by atoms with Crippen molar-refractivity contribution in [3.05, 3.63) is 55.3 Å². The molecule has 0 amide bonds. The maximum absolute atomic E-state index is 12.2. The van der Waals surface area contributed by atoms with Gasteiger partial charge in [0.05, 0.1) is 17.2 Å². The first-order valence-electron chi connectivity index (χ1n) is 5.91. The van der Waals surface area contributed by atoms with Crippen molar-refractivity contribution < 1.29 is 9.53 Å². The molecular weight excluding hydrogens is 371 g/mol. The minimum absolute atomic E-state index is 0.100. The van der Waals surface area contributed by atoms with Gasteiger partial charge in [0.15, 0.2) is 0 Å². The van der Waals surface area contributed by atoms with Crippen molar-refractivity contribution in [2.24, 2.45) is 0 Å². The SMILES string of the molecule is COc1ccc(C=O)cc1Cn1c(C)ncc(I)c1=O. The van der Waals surface area contributed by atoms with E-state index in [1.165, 1.54) is 0 Å². The van der Waals surface area contributed by atoms with Gasteiger partial charge in [-0.05, 0) is 47.7 Å². The van der Waals surface area contributed by atoms with Crippen LogP contribution in [-0.4, -0.2) is 22.9 Å². The molecular formula is C14H13IN2O3. The lowest BCUT2D eigenvalue weighted by molar-refractivity contribution is 0.112. The van der Waals surface area contributed by atoms with Crippen LogP contribution in [0.5, 0.6) is 5.75 Å². The highest BCUT2D eigenvalue weighted by Gasteiger charge is 2.10. The Morgan fingerprint density at radius 1 is 1.45 bits per heavy atom. The fourth-order valence-electron chi connectivity index (χ4n) is 1.90. The topological polar surface area (TPSA) is 61.2 Å². The van der Waals surface area contributed by atoms with E-state index in [1.54, 1.807) is 43.0 Å². The van der Waals surface area contributed by atoms with Gasteiger partial charge in [0.1, 0.15) is 17.9 Å². The van der Waals surface area contributed by atoms with Gasteiger partial charge in [0.25, 0.3) is 5.56 Å². The Hall–Kier alpha value is -1.70. The third kappa shape index (κ3) is 2.90. The Morgan fingerprint density at radius 3 is 2.85 bits per heavy atom. The summed E-state index contributed by atoms with van der Waals surface area (Å²) in [6.07, 6.45) is 2.32. The van der Waals surface area contributed by atoms with Gasteiger partial charge in [-0.3, -0.25) is 14.2 Å². The summed E-state index contributed by atoms with van der Waals surface area (Å²) in [5.41, 5.74) is 1.22. The minimum atomic E-state index is -0.100. The van der Waals surface area contributed by atoms with E-state index in [-0.39, 0.29) is 5.56 Å². The molecule has 2 aromatic rings. The van der Waals surface area contributed by atoms with E-state index < -0.39 is 0 Å². The Labute approximate surface area is 129 Å². The smallest absolute Gasteiger partial charge is 0.267 e. The molecule has 104 valence electrons. The molecule has 2 rings (SSSR count). The molecule has 0 fully saturated rings. The fraction of sp³-hybridized carbons (Fsp3) is 0.214. The molecule has 0 saturated carbocycles. The molecule has 0 aliphatic carbocycles. The molecule has 0 unspecified atom stereocenters. The van der Waals surface area contributed by atoms with E-state index >= 15 is 0 Å². The molecule has 0 radical (unpaired) electrons. The number of hydrogen-bond donors (Lipinski definition) is 0. The van der Waals surface area contributed by atoms with Crippen molar-refractivity contribution in [2.75, 3.05) is 7.11 Å². The van der Waals surface area contributed by atoms with E-state index in [0.717, 1.165) is 11.8 Å². The summed E-state index contributed by atoms with van der Waals surface area (Å²) in [5, 5.41) is 0. The summed E-state index contributed by atoms with van der Waals surface area (Å²) >= 11 is 1.96. The number of hydrogen-bond acceptors (Lipinski definition) is 4. The summed E-state index contributed by atoms with van der Waals surface area (Å²) < 4.78 is 7.39. The first kappa shape index (κ1) is 14.7. The van der Waals surface area contributed by atoms with Gasteiger partial charge in [-0.2, -0.15) is 0 Å². The van der Waals surface area contributed by atoms with E-state index in [2.05, 4.69) is 4.98 Å². The number of ether oxygens (including phenoxy) is 1. The molecule has 0 aliphatic heterocycles. The van der Waals surface area contributed by atoms with Gasteiger partial charge in [0, 0.05) is 17.3 Å². The van der Waals surface area contributed by atoms with Crippen molar-refractivity contribution in [1.82, 2.24) is 9.55 Å². The lowest BCUT2D eigenvalue weighted by Crippen LogP contribution is -2.26. The van der Waals surface area contributed by atoms with E-state index in [4.69, 9.17) is 4.74 Å². The van der Waals surface area contributed by atoms with Crippen LogP contribution in [0.15, 0.2) is 29.2 Å². The number of aldehydes is 1. The zero-order chi connectivity index (χ0) is 14.7. The Morgan fingerprint density at radius 2 is 2.20 bits per heavy atom. The molecule has 0 atom stereocenters. The van der Waals surface area contributed by atoms with Crippen LogP contribution in [0, 0.1) is 10.5 Å². The minimum Gasteiger partial charge on any atom is -0.496 e. The Bertz CT molecular complexity index is 710. The van der Waals surface area contributed by atoms with Crippen LogP contribution in [0.1, 0.15) is 21.7 Å². The van der Waals surface area contributed by atoms with Crippen LogP contribution < -0.4 is 10.3 Å². The molecule has 5 nitrogen and oxygen atoms in total. The molecule has 1 aromatic carbocycles. The fourth-order valence-corrected chi connectivity index (χ4v) is 2.33. The Balaban J connectivity index is 2.52. The van der Waals surface area contributed by atoms with Gasteiger partial charge < -0.3 is 4.74 Å².